The molecule has 2 amide bonds. The fourth-order valence-corrected chi connectivity index (χ4v) is 3.48. The SMILES string of the molecule is O=C(Nc1ccncn1)c1ccc2c(c1)NC(=O)c1cc(F)ccc1S2. The average Bonchev–Trinajstić information content (AvgIpc) is 2.78. The Morgan fingerprint density at radius 3 is 2.77 bits per heavy atom. The largest absolute Gasteiger partial charge is 0.321 e. The number of anilines is 2. The molecular weight excluding hydrogens is 355 g/mol. The summed E-state index contributed by atoms with van der Waals surface area (Å²) in [6.07, 6.45) is 2.85. The van der Waals surface area contributed by atoms with E-state index in [2.05, 4.69) is 20.6 Å². The first-order valence-electron chi connectivity index (χ1n) is 7.60. The van der Waals surface area contributed by atoms with Gasteiger partial charge in [0.1, 0.15) is 18.0 Å². The van der Waals surface area contributed by atoms with Gasteiger partial charge in [0.05, 0.1) is 11.3 Å². The molecule has 0 fully saturated rings. The topological polar surface area (TPSA) is 84.0 Å². The van der Waals surface area contributed by atoms with Crippen molar-refractivity contribution in [1.82, 2.24) is 9.97 Å². The number of carbonyl (C=O) groups excluding carboxylic acids is 2. The van der Waals surface area contributed by atoms with Crippen molar-refractivity contribution in [3.05, 3.63) is 71.9 Å². The van der Waals surface area contributed by atoms with Gasteiger partial charge in [0, 0.05) is 21.6 Å². The molecule has 0 unspecified atom stereocenters. The van der Waals surface area contributed by atoms with Gasteiger partial charge in [0.25, 0.3) is 11.8 Å². The third-order valence-corrected chi connectivity index (χ3v) is 4.87. The van der Waals surface area contributed by atoms with Gasteiger partial charge in [-0.3, -0.25) is 9.59 Å². The molecule has 6 nitrogen and oxygen atoms in total. The Morgan fingerprint density at radius 2 is 1.96 bits per heavy atom. The van der Waals surface area contributed by atoms with Crippen molar-refractivity contribution in [2.45, 2.75) is 9.79 Å². The van der Waals surface area contributed by atoms with Crippen LogP contribution in [0.4, 0.5) is 15.9 Å². The monoisotopic (exact) mass is 366 g/mol. The van der Waals surface area contributed by atoms with Crippen LogP contribution in [0.3, 0.4) is 0 Å². The van der Waals surface area contributed by atoms with E-state index in [1.807, 2.05) is 0 Å². The summed E-state index contributed by atoms with van der Waals surface area (Å²) in [5, 5.41) is 5.39. The molecule has 4 rings (SSSR count). The maximum atomic E-state index is 13.5. The lowest BCUT2D eigenvalue weighted by atomic mass is 10.1. The summed E-state index contributed by atoms with van der Waals surface area (Å²) in [4.78, 5) is 33.9. The van der Waals surface area contributed by atoms with Crippen LogP contribution in [0.5, 0.6) is 0 Å². The second-order valence-corrected chi connectivity index (χ2v) is 6.54. The molecule has 128 valence electrons. The number of hydrogen-bond acceptors (Lipinski definition) is 5. The predicted molar refractivity (Wildman–Crippen MR) is 94.9 cm³/mol. The molecule has 2 heterocycles. The lowest BCUT2D eigenvalue weighted by Crippen LogP contribution is -2.15. The molecule has 1 aliphatic rings. The van der Waals surface area contributed by atoms with Crippen LogP contribution in [0.15, 0.2) is 64.8 Å². The van der Waals surface area contributed by atoms with Crippen LogP contribution in [0.2, 0.25) is 0 Å². The minimum absolute atomic E-state index is 0.262. The van der Waals surface area contributed by atoms with E-state index in [0.29, 0.717) is 22.0 Å². The number of nitrogens with one attached hydrogen (secondary N) is 2. The number of fused-ring (bicyclic) bond motifs is 2. The lowest BCUT2D eigenvalue weighted by Gasteiger charge is -2.09. The van der Waals surface area contributed by atoms with Gasteiger partial charge >= 0.3 is 0 Å². The molecule has 26 heavy (non-hydrogen) atoms. The second kappa shape index (κ2) is 6.57. The molecule has 0 atom stereocenters. The lowest BCUT2D eigenvalue weighted by molar-refractivity contribution is 0.101. The highest BCUT2D eigenvalue weighted by atomic mass is 32.2. The summed E-state index contributed by atoms with van der Waals surface area (Å²) < 4.78 is 13.5. The van der Waals surface area contributed by atoms with Crippen LogP contribution < -0.4 is 10.6 Å². The Labute approximate surface area is 151 Å². The van der Waals surface area contributed by atoms with Crippen molar-refractivity contribution in [3.63, 3.8) is 0 Å². The van der Waals surface area contributed by atoms with Crippen LogP contribution >= 0.6 is 11.8 Å². The molecule has 0 aliphatic carbocycles. The molecule has 3 aromatic rings. The Morgan fingerprint density at radius 1 is 1.12 bits per heavy atom. The van der Waals surface area contributed by atoms with E-state index in [4.69, 9.17) is 0 Å². The fourth-order valence-electron chi connectivity index (χ4n) is 2.49. The third kappa shape index (κ3) is 3.14. The molecule has 0 saturated carbocycles. The number of carbonyl (C=O) groups is 2. The fraction of sp³-hybridized carbons (Fsp3) is 0. The van der Waals surface area contributed by atoms with E-state index in [9.17, 15) is 14.0 Å². The Bertz CT molecular complexity index is 1030. The van der Waals surface area contributed by atoms with Gasteiger partial charge in [-0.2, -0.15) is 0 Å². The van der Waals surface area contributed by atoms with Gasteiger partial charge in [0.2, 0.25) is 0 Å². The summed E-state index contributed by atoms with van der Waals surface area (Å²) in [7, 11) is 0. The first-order chi connectivity index (χ1) is 12.6. The zero-order chi connectivity index (χ0) is 18.1. The normalized spacial score (nSPS) is 12.4. The highest BCUT2D eigenvalue weighted by molar-refractivity contribution is 7.99. The van der Waals surface area contributed by atoms with Gasteiger partial charge in [-0.05, 0) is 42.5 Å². The summed E-state index contributed by atoms with van der Waals surface area (Å²) in [6, 6.07) is 10.6. The Kier molecular flexibility index (Phi) is 4.10. The smallest absolute Gasteiger partial charge is 0.256 e. The Balaban J connectivity index is 1.64. The zero-order valence-electron chi connectivity index (χ0n) is 13.2. The van der Waals surface area contributed by atoms with Crippen molar-refractivity contribution in [3.8, 4) is 0 Å². The number of aromatic nitrogens is 2. The van der Waals surface area contributed by atoms with Crippen molar-refractivity contribution in [1.29, 1.82) is 0 Å². The van der Waals surface area contributed by atoms with Gasteiger partial charge in [-0.15, -0.1) is 0 Å². The van der Waals surface area contributed by atoms with Gasteiger partial charge < -0.3 is 10.6 Å². The van der Waals surface area contributed by atoms with E-state index >= 15 is 0 Å². The molecule has 8 heteroatoms. The van der Waals surface area contributed by atoms with Crippen molar-refractivity contribution >= 4 is 35.1 Å². The number of nitrogens with zero attached hydrogens (tertiary/aromatic N) is 2. The quantitative estimate of drug-likeness (QED) is 0.724. The number of hydrogen-bond donors (Lipinski definition) is 2. The van der Waals surface area contributed by atoms with Crippen molar-refractivity contribution < 1.29 is 14.0 Å². The molecule has 2 aromatic carbocycles. The molecule has 0 spiro atoms. The van der Waals surface area contributed by atoms with E-state index in [-0.39, 0.29) is 11.5 Å². The van der Waals surface area contributed by atoms with Crippen molar-refractivity contribution in [2.75, 3.05) is 10.6 Å². The van der Waals surface area contributed by atoms with Crippen molar-refractivity contribution in [2.24, 2.45) is 0 Å². The maximum Gasteiger partial charge on any atom is 0.256 e. The van der Waals surface area contributed by atoms with Crippen LogP contribution in [0.1, 0.15) is 20.7 Å². The van der Waals surface area contributed by atoms with Crippen LogP contribution in [0.25, 0.3) is 0 Å². The number of halogens is 1. The molecule has 0 radical (unpaired) electrons. The molecule has 0 bridgehead atoms. The molecule has 2 N–H and O–H groups in total. The third-order valence-electron chi connectivity index (χ3n) is 3.72. The standard InChI is InChI=1S/C18H11FN4O2S/c19-11-2-4-14-12(8-11)18(25)22-13-7-10(1-3-15(13)26-14)17(24)23-16-5-6-20-9-21-16/h1-9H,(H,22,25)(H,20,21,23,24). The van der Waals surface area contributed by atoms with Gasteiger partial charge in [-0.25, -0.2) is 14.4 Å². The summed E-state index contributed by atoms with van der Waals surface area (Å²) in [5.74, 6) is -0.880. The molecule has 1 aliphatic heterocycles. The highest BCUT2D eigenvalue weighted by Gasteiger charge is 2.21. The average molecular weight is 366 g/mol. The number of benzene rings is 2. The minimum atomic E-state index is -0.477. The van der Waals surface area contributed by atoms with Gasteiger partial charge in [0.15, 0.2) is 0 Å². The zero-order valence-corrected chi connectivity index (χ0v) is 14.0. The maximum absolute atomic E-state index is 13.5. The van der Waals surface area contributed by atoms with E-state index in [0.717, 1.165) is 4.90 Å². The second-order valence-electron chi connectivity index (χ2n) is 5.46. The predicted octanol–water partition coefficient (Wildman–Crippen LogP) is 3.58. The number of amides is 2. The molecule has 1 aromatic heterocycles. The minimum Gasteiger partial charge on any atom is -0.321 e. The Hall–Kier alpha value is -3.26. The molecule has 0 saturated heterocycles. The molecular formula is C18H11FN4O2S. The first kappa shape index (κ1) is 16.2. The van der Waals surface area contributed by atoms with E-state index in [1.165, 1.54) is 36.4 Å². The van der Waals surface area contributed by atoms with Crippen LogP contribution in [0, 0.1) is 5.82 Å². The number of rotatable bonds is 2. The van der Waals surface area contributed by atoms with Crippen LogP contribution in [-0.4, -0.2) is 21.8 Å². The van der Waals surface area contributed by atoms with Crippen LogP contribution in [-0.2, 0) is 0 Å². The highest BCUT2D eigenvalue weighted by Crippen LogP contribution is 2.39. The van der Waals surface area contributed by atoms with E-state index < -0.39 is 11.7 Å². The van der Waals surface area contributed by atoms with E-state index in [1.54, 1.807) is 30.3 Å². The van der Waals surface area contributed by atoms with Gasteiger partial charge in [-0.1, -0.05) is 11.8 Å². The summed E-state index contributed by atoms with van der Waals surface area (Å²) in [6.45, 7) is 0. The summed E-state index contributed by atoms with van der Waals surface area (Å²) in [5.41, 5.74) is 1.12. The summed E-state index contributed by atoms with van der Waals surface area (Å²) >= 11 is 1.34. The first-order valence-corrected chi connectivity index (χ1v) is 8.42.